The molecule has 1 saturated heterocycles. The van der Waals surface area contributed by atoms with Crippen molar-refractivity contribution in [2.24, 2.45) is 0 Å². The van der Waals surface area contributed by atoms with Crippen LogP contribution in [-0.4, -0.2) is 42.0 Å². The molecule has 1 N–H and O–H groups in total. The maximum absolute atomic E-state index is 12.8. The largest absolute Gasteiger partial charge is 0.325 e. The monoisotopic (exact) mass is 478 g/mol. The van der Waals surface area contributed by atoms with Crippen molar-refractivity contribution in [1.82, 2.24) is 9.29 Å². The van der Waals surface area contributed by atoms with Gasteiger partial charge in [0.15, 0.2) is 0 Å². The molecule has 2 aromatic rings. The molecule has 7 nitrogen and oxygen atoms in total. The first-order chi connectivity index (χ1) is 14.8. The van der Waals surface area contributed by atoms with E-state index in [4.69, 9.17) is 16.9 Å². The van der Waals surface area contributed by atoms with Crippen LogP contribution in [0.2, 0.25) is 5.02 Å². The SMILES string of the molecule is CC(Sc1ccc(S(=O)(=O)N2CCCCCC2)cn1)C(=O)Nc1ccc(C#N)c(Cl)c1. The number of carbonyl (C=O) groups is 1. The van der Waals surface area contributed by atoms with Crippen LogP contribution in [0.5, 0.6) is 0 Å². The Hall–Kier alpha value is -2.12. The van der Waals surface area contributed by atoms with Crippen molar-refractivity contribution in [2.75, 3.05) is 18.4 Å². The molecule has 1 aromatic heterocycles. The number of hydrogen-bond donors (Lipinski definition) is 1. The number of carbonyl (C=O) groups excluding carboxylic acids is 1. The Bertz CT molecular complexity index is 1080. The zero-order valence-corrected chi connectivity index (χ0v) is 19.4. The Labute approximate surface area is 191 Å². The molecule has 0 bridgehead atoms. The maximum atomic E-state index is 12.8. The predicted octanol–water partition coefficient (Wildman–Crippen LogP) is 4.29. The van der Waals surface area contributed by atoms with E-state index >= 15 is 0 Å². The van der Waals surface area contributed by atoms with Crippen LogP contribution >= 0.6 is 23.4 Å². The first kappa shape index (κ1) is 23.5. The predicted molar refractivity (Wildman–Crippen MR) is 122 cm³/mol. The molecular formula is C21H23ClN4O3S2. The van der Waals surface area contributed by atoms with Crippen LogP contribution in [0.1, 0.15) is 38.2 Å². The summed E-state index contributed by atoms with van der Waals surface area (Å²) in [6, 6.07) is 9.81. The Balaban J connectivity index is 1.63. The van der Waals surface area contributed by atoms with Crippen LogP contribution in [0.4, 0.5) is 5.69 Å². The van der Waals surface area contributed by atoms with E-state index in [1.54, 1.807) is 31.2 Å². The Morgan fingerprint density at radius 3 is 2.52 bits per heavy atom. The lowest BCUT2D eigenvalue weighted by Gasteiger charge is -2.19. The number of hydrogen-bond acceptors (Lipinski definition) is 6. The lowest BCUT2D eigenvalue weighted by molar-refractivity contribution is -0.115. The fourth-order valence-electron chi connectivity index (χ4n) is 3.18. The molecule has 31 heavy (non-hydrogen) atoms. The highest BCUT2D eigenvalue weighted by Crippen LogP contribution is 2.26. The Kier molecular flexibility index (Phi) is 7.94. The minimum Gasteiger partial charge on any atom is -0.325 e. The van der Waals surface area contributed by atoms with Gasteiger partial charge in [0.1, 0.15) is 11.0 Å². The third kappa shape index (κ3) is 5.98. The number of anilines is 1. The molecule has 1 aliphatic rings. The van der Waals surface area contributed by atoms with Gasteiger partial charge >= 0.3 is 0 Å². The van der Waals surface area contributed by atoms with E-state index in [2.05, 4.69) is 10.3 Å². The average Bonchev–Trinajstić information content (AvgIpc) is 3.04. The molecule has 1 aromatic carbocycles. The van der Waals surface area contributed by atoms with E-state index in [9.17, 15) is 13.2 Å². The third-order valence-corrected chi connectivity index (χ3v) is 8.18. The lowest BCUT2D eigenvalue weighted by atomic mass is 10.2. The summed E-state index contributed by atoms with van der Waals surface area (Å²) in [6.45, 7) is 2.81. The standard InChI is InChI=1S/C21H23ClN4O3S2/c1-15(21(27)25-17-7-6-16(13-23)19(22)12-17)30-20-9-8-18(14-24-20)31(28,29)26-10-4-2-3-5-11-26/h6-9,12,14-15H,2-5,10-11H2,1H3,(H,25,27). The van der Waals surface area contributed by atoms with Gasteiger partial charge in [0.2, 0.25) is 15.9 Å². The van der Waals surface area contributed by atoms with Crippen molar-refractivity contribution < 1.29 is 13.2 Å². The third-order valence-electron chi connectivity index (χ3n) is 4.94. The molecule has 1 amide bonds. The summed E-state index contributed by atoms with van der Waals surface area (Å²) < 4.78 is 27.2. The Morgan fingerprint density at radius 2 is 1.94 bits per heavy atom. The summed E-state index contributed by atoms with van der Waals surface area (Å²) >= 11 is 7.22. The molecule has 1 unspecified atom stereocenters. The minimum absolute atomic E-state index is 0.170. The zero-order chi connectivity index (χ0) is 22.4. The molecule has 1 atom stereocenters. The van der Waals surface area contributed by atoms with Gasteiger partial charge in [-0.15, -0.1) is 0 Å². The van der Waals surface area contributed by atoms with Gasteiger partial charge in [-0.25, -0.2) is 13.4 Å². The molecular weight excluding hydrogens is 456 g/mol. The highest BCUT2D eigenvalue weighted by atomic mass is 35.5. The van der Waals surface area contributed by atoms with Gasteiger partial charge in [0.25, 0.3) is 0 Å². The molecule has 0 saturated carbocycles. The van der Waals surface area contributed by atoms with Gasteiger partial charge in [-0.1, -0.05) is 36.2 Å². The second-order valence-electron chi connectivity index (χ2n) is 7.21. The van der Waals surface area contributed by atoms with Crippen molar-refractivity contribution in [3.8, 4) is 6.07 Å². The van der Waals surface area contributed by atoms with Crippen LogP contribution in [0, 0.1) is 11.3 Å². The van der Waals surface area contributed by atoms with E-state index < -0.39 is 15.3 Å². The fourth-order valence-corrected chi connectivity index (χ4v) is 5.66. The number of nitriles is 1. The second-order valence-corrected chi connectivity index (χ2v) is 10.9. The highest BCUT2D eigenvalue weighted by Gasteiger charge is 2.25. The van der Waals surface area contributed by atoms with Gasteiger partial charge in [0, 0.05) is 25.0 Å². The van der Waals surface area contributed by atoms with Crippen LogP contribution in [0.3, 0.4) is 0 Å². The number of pyridine rings is 1. The molecule has 3 rings (SSSR count). The summed E-state index contributed by atoms with van der Waals surface area (Å²) in [6.07, 6.45) is 5.20. The topological polar surface area (TPSA) is 103 Å². The highest BCUT2D eigenvalue weighted by molar-refractivity contribution is 8.00. The quantitative estimate of drug-likeness (QED) is 0.621. The second kappa shape index (κ2) is 10.5. The number of halogens is 1. The van der Waals surface area contributed by atoms with Crippen LogP contribution in [0.15, 0.2) is 46.5 Å². The molecule has 2 heterocycles. The first-order valence-corrected chi connectivity index (χ1v) is 12.6. The molecule has 0 spiro atoms. The number of amides is 1. The van der Waals surface area contributed by atoms with Crippen molar-refractivity contribution >= 4 is 45.0 Å². The van der Waals surface area contributed by atoms with Gasteiger partial charge in [0.05, 0.1) is 20.9 Å². The number of rotatable bonds is 6. The van der Waals surface area contributed by atoms with E-state index in [1.807, 2.05) is 6.07 Å². The van der Waals surface area contributed by atoms with E-state index in [1.165, 1.54) is 28.3 Å². The fraction of sp³-hybridized carbons (Fsp3) is 0.381. The molecule has 0 aliphatic carbocycles. The molecule has 10 heteroatoms. The normalized spacial score (nSPS) is 16.2. The van der Waals surface area contributed by atoms with Crippen molar-refractivity contribution in [3.63, 3.8) is 0 Å². The molecule has 164 valence electrons. The van der Waals surface area contributed by atoms with E-state index in [0.29, 0.717) is 29.4 Å². The van der Waals surface area contributed by atoms with Gasteiger partial charge < -0.3 is 5.32 Å². The lowest BCUT2D eigenvalue weighted by Crippen LogP contribution is -2.32. The number of nitrogens with one attached hydrogen (secondary N) is 1. The number of aromatic nitrogens is 1. The van der Waals surface area contributed by atoms with Crippen LogP contribution < -0.4 is 5.32 Å². The summed E-state index contributed by atoms with van der Waals surface area (Å²) in [5.41, 5.74) is 0.829. The van der Waals surface area contributed by atoms with Crippen molar-refractivity contribution in [2.45, 2.75) is 47.8 Å². The van der Waals surface area contributed by atoms with E-state index in [0.717, 1.165) is 25.7 Å². The number of benzene rings is 1. The van der Waals surface area contributed by atoms with E-state index in [-0.39, 0.29) is 15.8 Å². The van der Waals surface area contributed by atoms with Gasteiger partial charge in [-0.2, -0.15) is 9.57 Å². The van der Waals surface area contributed by atoms with Gasteiger partial charge in [-0.05, 0) is 50.1 Å². The zero-order valence-electron chi connectivity index (χ0n) is 17.0. The Morgan fingerprint density at radius 1 is 1.23 bits per heavy atom. The van der Waals surface area contributed by atoms with Crippen LogP contribution in [-0.2, 0) is 14.8 Å². The minimum atomic E-state index is -3.55. The molecule has 1 fully saturated rings. The average molecular weight is 479 g/mol. The first-order valence-electron chi connectivity index (χ1n) is 9.94. The summed E-state index contributed by atoms with van der Waals surface area (Å²) in [4.78, 5) is 16.9. The number of nitrogens with zero attached hydrogens (tertiary/aromatic N) is 3. The van der Waals surface area contributed by atoms with Crippen molar-refractivity contribution in [3.05, 3.63) is 47.1 Å². The molecule has 1 aliphatic heterocycles. The number of thioether (sulfide) groups is 1. The van der Waals surface area contributed by atoms with Crippen LogP contribution in [0.25, 0.3) is 0 Å². The maximum Gasteiger partial charge on any atom is 0.244 e. The summed E-state index contributed by atoms with van der Waals surface area (Å²) in [5, 5.41) is 12.0. The number of sulfonamides is 1. The smallest absolute Gasteiger partial charge is 0.244 e. The summed E-state index contributed by atoms with van der Waals surface area (Å²) in [5.74, 6) is -0.256. The molecule has 0 radical (unpaired) electrons. The van der Waals surface area contributed by atoms with Crippen molar-refractivity contribution in [1.29, 1.82) is 5.26 Å². The van der Waals surface area contributed by atoms with Gasteiger partial charge in [-0.3, -0.25) is 4.79 Å². The summed E-state index contributed by atoms with van der Waals surface area (Å²) in [7, 11) is -3.55.